The highest BCUT2D eigenvalue weighted by atomic mass is 16.1. The van der Waals surface area contributed by atoms with E-state index >= 15 is 0 Å². The first-order valence-electron chi connectivity index (χ1n) is 4.06. The normalized spacial score (nSPS) is 12.2. The number of amides is 1. The lowest BCUT2D eigenvalue weighted by Crippen LogP contribution is -2.26. The summed E-state index contributed by atoms with van der Waals surface area (Å²) in [7, 11) is 0. The molecular weight excluding hydrogens is 138 g/mol. The Bertz CT molecular complexity index is 132. The Balaban J connectivity index is 3.51. The van der Waals surface area contributed by atoms with Crippen molar-refractivity contribution in [2.24, 2.45) is 5.92 Å². The number of hydrogen-bond acceptors (Lipinski definition) is 1. The van der Waals surface area contributed by atoms with E-state index in [4.69, 9.17) is 0 Å². The van der Waals surface area contributed by atoms with Crippen LogP contribution in [0, 0.1) is 5.92 Å². The summed E-state index contributed by atoms with van der Waals surface area (Å²) in [5.74, 6) is 0.601. The van der Waals surface area contributed by atoms with Crippen molar-refractivity contribution < 1.29 is 4.79 Å². The first-order valence-corrected chi connectivity index (χ1v) is 4.06. The van der Waals surface area contributed by atoms with Crippen LogP contribution in [0.25, 0.3) is 0 Å². The Kier molecular flexibility index (Phi) is 5.53. The summed E-state index contributed by atoms with van der Waals surface area (Å²) in [5, 5.41) is 2.79. The molecule has 1 unspecified atom stereocenters. The number of hydrogen-bond donors (Lipinski definition) is 1. The molecule has 2 heteroatoms. The molecule has 0 bridgehead atoms. The highest BCUT2D eigenvalue weighted by molar-refractivity contribution is 5.72. The minimum atomic E-state index is 0.0486. The van der Waals surface area contributed by atoms with Crippen molar-refractivity contribution in [3.8, 4) is 0 Å². The fourth-order valence-corrected chi connectivity index (χ4v) is 0.918. The lowest BCUT2D eigenvalue weighted by Gasteiger charge is -2.11. The van der Waals surface area contributed by atoms with E-state index in [1.165, 1.54) is 0 Å². The van der Waals surface area contributed by atoms with Crippen molar-refractivity contribution in [3.63, 3.8) is 0 Å². The quantitative estimate of drug-likeness (QED) is 0.602. The van der Waals surface area contributed by atoms with E-state index in [9.17, 15) is 4.79 Å². The molecule has 0 aromatic heterocycles. The molecule has 0 heterocycles. The highest BCUT2D eigenvalue weighted by Crippen LogP contribution is 2.06. The van der Waals surface area contributed by atoms with Gasteiger partial charge in [0.2, 0.25) is 5.91 Å². The van der Waals surface area contributed by atoms with Gasteiger partial charge in [0.15, 0.2) is 0 Å². The van der Waals surface area contributed by atoms with Crippen LogP contribution >= 0.6 is 0 Å². The second-order valence-corrected chi connectivity index (χ2v) is 2.74. The first kappa shape index (κ1) is 10.2. The van der Waals surface area contributed by atoms with Gasteiger partial charge in [-0.15, -0.1) is 6.58 Å². The number of carbonyl (C=O) groups excluding carboxylic acids is 1. The maximum atomic E-state index is 10.5. The Hall–Kier alpha value is -0.790. The predicted octanol–water partition coefficient (Wildman–Crippen LogP) is 1.72. The molecule has 0 aromatic rings. The lowest BCUT2D eigenvalue weighted by atomic mass is 10.0. The average Bonchev–Trinajstić information content (AvgIpc) is 1.97. The van der Waals surface area contributed by atoms with Gasteiger partial charge >= 0.3 is 0 Å². The largest absolute Gasteiger partial charge is 0.356 e. The van der Waals surface area contributed by atoms with Crippen LogP contribution in [-0.4, -0.2) is 12.5 Å². The number of rotatable bonds is 5. The molecule has 0 spiro atoms. The van der Waals surface area contributed by atoms with Gasteiger partial charge in [0.25, 0.3) is 0 Å². The average molecular weight is 155 g/mol. The summed E-state index contributed by atoms with van der Waals surface area (Å²) < 4.78 is 0. The van der Waals surface area contributed by atoms with Crippen LogP contribution in [0.2, 0.25) is 0 Å². The van der Waals surface area contributed by atoms with Gasteiger partial charge in [0.1, 0.15) is 0 Å². The molecular formula is C9H17NO. The second-order valence-electron chi connectivity index (χ2n) is 2.74. The van der Waals surface area contributed by atoms with Crippen molar-refractivity contribution in [1.29, 1.82) is 0 Å². The lowest BCUT2D eigenvalue weighted by molar-refractivity contribution is -0.119. The maximum Gasteiger partial charge on any atom is 0.216 e. The Labute approximate surface area is 68.7 Å². The predicted molar refractivity (Wildman–Crippen MR) is 47.3 cm³/mol. The van der Waals surface area contributed by atoms with Gasteiger partial charge in [-0.3, -0.25) is 4.79 Å². The monoisotopic (exact) mass is 155 g/mol. The van der Waals surface area contributed by atoms with Gasteiger partial charge in [-0.25, -0.2) is 0 Å². The van der Waals surface area contributed by atoms with Crippen LogP contribution in [0.15, 0.2) is 12.7 Å². The molecule has 1 N–H and O–H groups in total. The van der Waals surface area contributed by atoms with Crippen molar-refractivity contribution in [1.82, 2.24) is 5.32 Å². The van der Waals surface area contributed by atoms with Crippen LogP contribution in [0.3, 0.4) is 0 Å². The van der Waals surface area contributed by atoms with Gasteiger partial charge in [0.05, 0.1) is 0 Å². The van der Waals surface area contributed by atoms with Crippen LogP contribution in [0.5, 0.6) is 0 Å². The third-order valence-corrected chi connectivity index (χ3v) is 1.72. The third kappa shape index (κ3) is 5.64. The summed E-state index contributed by atoms with van der Waals surface area (Å²) in [6.45, 7) is 8.10. The van der Waals surface area contributed by atoms with E-state index < -0.39 is 0 Å². The van der Waals surface area contributed by atoms with Crippen molar-refractivity contribution >= 4 is 5.91 Å². The molecule has 11 heavy (non-hydrogen) atoms. The zero-order chi connectivity index (χ0) is 8.69. The summed E-state index contributed by atoms with van der Waals surface area (Å²) in [5.41, 5.74) is 0. The molecule has 64 valence electrons. The molecule has 0 aliphatic carbocycles. The zero-order valence-electron chi connectivity index (χ0n) is 7.39. The molecule has 0 aromatic carbocycles. The van der Waals surface area contributed by atoms with Crippen molar-refractivity contribution in [2.45, 2.75) is 26.7 Å². The Morgan fingerprint density at radius 2 is 2.36 bits per heavy atom. The first-order chi connectivity index (χ1) is 5.20. The Morgan fingerprint density at radius 3 is 2.73 bits per heavy atom. The van der Waals surface area contributed by atoms with Gasteiger partial charge in [-0.05, 0) is 12.3 Å². The van der Waals surface area contributed by atoms with Gasteiger partial charge < -0.3 is 5.32 Å². The molecule has 0 saturated carbocycles. The van der Waals surface area contributed by atoms with Crippen molar-refractivity contribution in [2.75, 3.05) is 6.54 Å². The molecule has 0 radical (unpaired) electrons. The molecule has 0 rings (SSSR count). The fourth-order valence-electron chi connectivity index (χ4n) is 0.918. The van der Waals surface area contributed by atoms with E-state index in [0.717, 1.165) is 19.4 Å². The molecule has 2 nitrogen and oxygen atoms in total. The molecule has 0 aliphatic rings. The zero-order valence-corrected chi connectivity index (χ0v) is 7.39. The molecule has 1 amide bonds. The van der Waals surface area contributed by atoms with Gasteiger partial charge in [0, 0.05) is 13.5 Å². The van der Waals surface area contributed by atoms with Gasteiger partial charge in [-0.1, -0.05) is 19.4 Å². The van der Waals surface area contributed by atoms with Crippen LogP contribution in [0.4, 0.5) is 0 Å². The Morgan fingerprint density at radius 1 is 1.73 bits per heavy atom. The smallest absolute Gasteiger partial charge is 0.216 e. The second kappa shape index (κ2) is 5.96. The van der Waals surface area contributed by atoms with Crippen molar-refractivity contribution in [3.05, 3.63) is 12.7 Å². The highest BCUT2D eigenvalue weighted by Gasteiger charge is 2.03. The molecule has 1 atom stereocenters. The molecule has 0 saturated heterocycles. The van der Waals surface area contributed by atoms with Crippen LogP contribution < -0.4 is 5.32 Å². The van der Waals surface area contributed by atoms with E-state index in [1.807, 2.05) is 6.08 Å². The number of nitrogens with one attached hydrogen (secondary N) is 1. The summed E-state index contributed by atoms with van der Waals surface area (Å²) in [6.07, 6.45) is 3.97. The summed E-state index contributed by atoms with van der Waals surface area (Å²) >= 11 is 0. The third-order valence-electron chi connectivity index (χ3n) is 1.72. The van der Waals surface area contributed by atoms with E-state index in [-0.39, 0.29) is 5.91 Å². The summed E-state index contributed by atoms with van der Waals surface area (Å²) in [6, 6.07) is 0. The van der Waals surface area contributed by atoms with Crippen LogP contribution in [0.1, 0.15) is 26.7 Å². The minimum absolute atomic E-state index is 0.0486. The standard InChI is InChI=1S/C9H17NO/c1-4-6-9(5-2)7-10-8(3)11/h4,9H,1,5-7H2,2-3H3,(H,10,11). The molecule has 0 aliphatic heterocycles. The fraction of sp³-hybridized carbons (Fsp3) is 0.667. The van der Waals surface area contributed by atoms with E-state index in [1.54, 1.807) is 6.92 Å². The number of carbonyl (C=O) groups is 1. The summed E-state index contributed by atoms with van der Waals surface area (Å²) in [4.78, 5) is 10.5. The minimum Gasteiger partial charge on any atom is -0.356 e. The van der Waals surface area contributed by atoms with Gasteiger partial charge in [-0.2, -0.15) is 0 Å². The topological polar surface area (TPSA) is 29.1 Å². The molecule has 0 fully saturated rings. The number of allylic oxidation sites excluding steroid dienone is 1. The SMILES string of the molecule is C=CCC(CC)CNC(C)=O. The van der Waals surface area contributed by atoms with E-state index in [2.05, 4.69) is 18.8 Å². The van der Waals surface area contributed by atoms with E-state index in [0.29, 0.717) is 5.92 Å². The van der Waals surface area contributed by atoms with Crippen LogP contribution in [-0.2, 0) is 4.79 Å². The maximum absolute atomic E-state index is 10.5.